The van der Waals surface area contributed by atoms with Crippen molar-refractivity contribution in [3.63, 3.8) is 0 Å². The number of nitrogens with zero attached hydrogens (tertiary/aromatic N) is 2. The van der Waals surface area contributed by atoms with Crippen LogP contribution >= 0.6 is 0 Å². The summed E-state index contributed by atoms with van der Waals surface area (Å²) in [5, 5.41) is 1.43. The van der Waals surface area contributed by atoms with E-state index in [1.54, 1.807) is 41.5 Å². The predicted molar refractivity (Wildman–Crippen MR) is 180 cm³/mol. The number of hydrogen-bond donors (Lipinski definition) is 1. The fourth-order valence-corrected chi connectivity index (χ4v) is 7.41. The maximum Gasteiger partial charge on any atom is 0.408 e. The molecule has 0 saturated carbocycles. The first kappa shape index (κ1) is 35.5. The monoisotopic (exact) mass is 691 g/mol. The summed E-state index contributed by atoms with van der Waals surface area (Å²) in [6, 6.07) is 17.0. The number of rotatable bonds is 8. The van der Waals surface area contributed by atoms with E-state index < -0.39 is 69.4 Å². The van der Waals surface area contributed by atoms with Crippen molar-refractivity contribution in [3.05, 3.63) is 94.7 Å². The van der Waals surface area contributed by atoms with Crippen LogP contribution in [0.25, 0.3) is 0 Å². The van der Waals surface area contributed by atoms with E-state index in [1.165, 1.54) is 11.0 Å². The average molecular weight is 692 g/mol. The first-order valence-corrected chi connectivity index (χ1v) is 17.4. The number of fused-ring (bicyclic) bond motifs is 1. The topological polar surface area (TPSA) is 149 Å². The zero-order valence-electron chi connectivity index (χ0n) is 28.4. The largest absolute Gasteiger partial charge is 0.459 e. The van der Waals surface area contributed by atoms with Crippen LogP contribution in [0.4, 0.5) is 4.79 Å². The highest BCUT2D eigenvalue weighted by molar-refractivity contribution is 7.86. The second-order valence-electron chi connectivity index (χ2n) is 14.0. The van der Waals surface area contributed by atoms with Crippen molar-refractivity contribution >= 4 is 40.6 Å². The number of hydrogen-bond acceptors (Lipinski definition) is 9. The quantitative estimate of drug-likeness (QED) is 0.188. The van der Waals surface area contributed by atoms with E-state index in [9.17, 15) is 28.2 Å². The van der Waals surface area contributed by atoms with Gasteiger partial charge >= 0.3 is 18.0 Å². The summed E-state index contributed by atoms with van der Waals surface area (Å²) in [7, 11) is -1.79. The Morgan fingerprint density at radius 2 is 1.49 bits per heavy atom. The van der Waals surface area contributed by atoms with Crippen LogP contribution in [-0.2, 0) is 44.2 Å². The van der Waals surface area contributed by atoms with E-state index >= 15 is 0 Å². The second-order valence-corrected chi connectivity index (χ2v) is 15.5. The Hall–Kier alpha value is -4.78. The SMILES string of the molecule is CC(C)(C)OC(=O)CN1CC/C(=C\C2=C(C(=O)OC(c3ccccc3)c3ccccc3)N3C(=O)[C@@H](NC(=O)OC(C)(C)C)[C@H]3[S@](=O)C2)C1=O. The lowest BCUT2D eigenvalue weighted by atomic mass is 10.00. The highest BCUT2D eigenvalue weighted by Gasteiger charge is 2.58. The van der Waals surface area contributed by atoms with Crippen LogP contribution in [0, 0.1) is 0 Å². The van der Waals surface area contributed by atoms with Crippen LogP contribution in [0.1, 0.15) is 65.2 Å². The number of nitrogens with one attached hydrogen (secondary N) is 1. The molecular weight excluding hydrogens is 650 g/mol. The Bertz CT molecular complexity index is 1690. The Morgan fingerprint density at radius 3 is 2.04 bits per heavy atom. The Morgan fingerprint density at radius 1 is 0.918 bits per heavy atom. The van der Waals surface area contributed by atoms with E-state index in [4.69, 9.17) is 14.2 Å². The lowest BCUT2D eigenvalue weighted by Gasteiger charge is -2.49. The summed E-state index contributed by atoms with van der Waals surface area (Å²) in [4.78, 5) is 68.8. The predicted octanol–water partition coefficient (Wildman–Crippen LogP) is 3.90. The van der Waals surface area contributed by atoms with Gasteiger partial charge in [-0.05, 0) is 70.7 Å². The number of allylic oxidation sites excluding steroid dienone is 1. The van der Waals surface area contributed by atoms with Crippen LogP contribution in [-0.4, -0.2) is 85.3 Å². The molecule has 0 unspecified atom stereocenters. The molecule has 49 heavy (non-hydrogen) atoms. The molecule has 1 N–H and O–H groups in total. The van der Waals surface area contributed by atoms with Gasteiger partial charge in [-0.15, -0.1) is 0 Å². The number of alkyl carbamates (subject to hydrolysis) is 1. The van der Waals surface area contributed by atoms with Crippen LogP contribution in [0.3, 0.4) is 0 Å². The van der Waals surface area contributed by atoms with Crippen molar-refractivity contribution < 1.29 is 42.4 Å². The third kappa shape index (κ3) is 8.27. The van der Waals surface area contributed by atoms with Gasteiger partial charge in [0.25, 0.3) is 5.91 Å². The molecule has 0 spiro atoms. The summed E-state index contributed by atoms with van der Waals surface area (Å²) in [6.45, 7) is 10.2. The molecule has 13 heteroatoms. The van der Waals surface area contributed by atoms with Crippen molar-refractivity contribution in [3.8, 4) is 0 Å². The number of amides is 3. The lowest BCUT2D eigenvalue weighted by Crippen LogP contribution is -2.73. The van der Waals surface area contributed by atoms with Gasteiger partial charge in [-0.3, -0.25) is 23.5 Å². The molecule has 3 atom stereocenters. The normalized spacial score (nSPS) is 21.8. The van der Waals surface area contributed by atoms with Crippen LogP contribution in [0.2, 0.25) is 0 Å². The van der Waals surface area contributed by atoms with Gasteiger partial charge in [0, 0.05) is 12.1 Å². The van der Waals surface area contributed by atoms with Crippen molar-refractivity contribution in [1.82, 2.24) is 15.1 Å². The van der Waals surface area contributed by atoms with Gasteiger partial charge in [-0.2, -0.15) is 0 Å². The van der Waals surface area contributed by atoms with Crippen molar-refractivity contribution in [2.45, 2.75) is 76.7 Å². The van der Waals surface area contributed by atoms with E-state index in [1.807, 2.05) is 60.7 Å². The first-order chi connectivity index (χ1) is 23.0. The van der Waals surface area contributed by atoms with Gasteiger partial charge in [0.15, 0.2) is 6.10 Å². The molecule has 0 aliphatic carbocycles. The minimum Gasteiger partial charge on any atom is -0.459 e. The molecule has 5 rings (SSSR count). The Labute approximate surface area is 287 Å². The first-order valence-electron chi connectivity index (χ1n) is 16.0. The van der Waals surface area contributed by atoms with Crippen LogP contribution in [0.5, 0.6) is 0 Å². The highest BCUT2D eigenvalue weighted by Crippen LogP contribution is 2.38. The van der Waals surface area contributed by atoms with Gasteiger partial charge in [0.05, 0.1) is 16.6 Å². The Kier molecular flexibility index (Phi) is 10.1. The van der Waals surface area contributed by atoms with Crippen LogP contribution < -0.4 is 5.32 Å². The zero-order chi connectivity index (χ0) is 35.7. The molecule has 0 bridgehead atoms. The minimum atomic E-state index is -1.79. The molecule has 0 radical (unpaired) electrons. The lowest BCUT2D eigenvalue weighted by molar-refractivity contribution is -0.157. The smallest absolute Gasteiger partial charge is 0.408 e. The van der Waals surface area contributed by atoms with Gasteiger partial charge < -0.3 is 24.4 Å². The molecule has 0 aromatic heterocycles. The third-order valence-corrected chi connectivity index (χ3v) is 9.37. The summed E-state index contributed by atoms with van der Waals surface area (Å²) in [6.07, 6.45) is -0.00820. The van der Waals surface area contributed by atoms with E-state index in [-0.39, 0.29) is 42.1 Å². The van der Waals surface area contributed by atoms with Crippen molar-refractivity contribution in [1.29, 1.82) is 0 Å². The summed E-state index contributed by atoms with van der Waals surface area (Å²) in [5.41, 5.74) is 0.0803. The summed E-state index contributed by atoms with van der Waals surface area (Å²) < 4.78 is 30.5. The average Bonchev–Trinajstić information content (AvgIpc) is 3.35. The molecule has 3 heterocycles. The third-order valence-electron chi connectivity index (χ3n) is 7.75. The number of likely N-dealkylation sites (tertiary alicyclic amines) is 1. The fourth-order valence-electron chi connectivity index (χ4n) is 5.78. The van der Waals surface area contributed by atoms with E-state index in [0.29, 0.717) is 11.1 Å². The summed E-state index contributed by atoms with van der Waals surface area (Å²) >= 11 is 0. The number of carbonyl (C=O) groups excluding carboxylic acids is 5. The second kappa shape index (κ2) is 14.0. The molecule has 2 aromatic carbocycles. The number of esters is 2. The number of ether oxygens (including phenoxy) is 3. The van der Waals surface area contributed by atoms with Gasteiger partial charge in [-0.25, -0.2) is 9.59 Å². The Balaban J connectivity index is 1.50. The zero-order valence-corrected chi connectivity index (χ0v) is 29.2. The molecule has 2 aromatic rings. The molecular formula is C36H41N3O9S. The number of carbonyl (C=O) groups is 5. The highest BCUT2D eigenvalue weighted by atomic mass is 32.2. The molecule has 3 aliphatic rings. The molecule has 2 saturated heterocycles. The van der Waals surface area contributed by atoms with E-state index in [0.717, 1.165) is 4.90 Å². The molecule has 3 aliphatic heterocycles. The summed E-state index contributed by atoms with van der Waals surface area (Å²) in [5.74, 6) is -2.74. The maximum absolute atomic E-state index is 14.3. The number of benzene rings is 2. The standard InChI is InChI=1S/C36H41N3O9S/c1-35(2,3)47-26(40)20-38-18-17-24(30(38)41)19-25-21-49(45)32-27(37-34(44)48-36(4,5)6)31(42)39(32)28(25)33(43)46-29(22-13-9-7-10-14-22)23-15-11-8-12-16-23/h7-16,19,27,29,32H,17-18,20-21H2,1-6H3,(H,37,44)/b24-19+/t27-,32-,49-/m1/s1. The van der Waals surface area contributed by atoms with Gasteiger partial charge in [-0.1, -0.05) is 60.7 Å². The van der Waals surface area contributed by atoms with E-state index in [2.05, 4.69) is 5.32 Å². The van der Waals surface area contributed by atoms with Gasteiger partial charge in [0.2, 0.25) is 5.91 Å². The fraction of sp³-hybridized carbons (Fsp3) is 0.417. The van der Waals surface area contributed by atoms with Gasteiger partial charge in [0.1, 0.15) is 34.9 Å². The molecule has 3 amide bonds. The molecule has 12 nitrogen and oxygen atoms in total. The van der Waals surface area contributed by atoms with Crippen LogP contribution in [0.15, 0.2) is 83.6 Å². The number of β-lactam (4-membered cyclic amide) rings is 1. The van der Waals surface area contributed by atoms with Crippen molar-refractivity contribution in [2.75, 3.05) is 18.8 Å². The maximum atomic E-state index is 14.3. The molecule has 260 valence electrons. The molecule has 2 fully saturated rings. The minimum absolute atomic E-state index is 0.167. The van der Waals surface area contributed by atoms with Crippen molar-refractivity contribution in [2.24, 2.45) is 0 Å².